The van der Waals surface area contributed by atoms with E-state index in [1.165, 1.54) is 14.2 Å². The lowest BCUT2D eigenvalue weighted by atomic mass is 10.2. The quantitative estimate of drug-likeness (QED) is 0.837. The van der Waals surface area contributed by atoms with E-state index in [1.807, 2.05) is 0 Å². The first-order valence-electron chi connectivity index (χ1n) is 7.28. The maximum absolute atomic E-state index is 12.2. The standard InChI is InChI=1S/C15H22ClN3O3.ClH/c1-21-13-9-12(14(22-2)8-11(13)16)18-15(20)10-19-6-3-4-17-5-7-19;/h8-9,17H,3-7,10H2,1-2H3,(H,18,20);1H. The van der Waals surface area contributed by atoms with E-state index < -0.39 is 0 Å². The summed E-state index contributed by atoms with van der Waals surface area (Å²) >= 11 is 6.06. The van der Waals surface area contributed by atoms with Gasteiger partial charge in [0.2, 0.25) is 5.91 Å². The zero-order valence-corrected chi connectivity index (χ0v) is 14.9. The summed E-state index contributed by atoms with van der Waals surface area (Å²) in [5, 5.41) is 6.62. The van der Waals surface area contributed by atoms with E-state index in [0.717, 1.165) is 32.6 Å². The molecular formula is C15H23Cl2N3O3. The number of ether oxygens (including phenoxy) is 2. The SMILES string of the molecule is COc1cc(NC(=O)CN2CCCNCC2)c(OC)cc1Cl.Cl. The topological polar surface area (TPSA) is 62.8 Å². The molecule has 0 saturated carbocycles. The van der Waals surface area contributed by atoms with E-state index in [9.17, 15) is 4.79 Å². The summed E-state index contributed by atoms with van der Waals surface area (Å²) in [7, 11) is 3.07. The van der Waals surface area contributed by atoms with Crippen LogP contribution in [0.1, 0.15) is 6.42 Å². The van der Waals surface area contributed by atoms with Crippen LogP contribution in [-0.4, -0.2) is 57.8 Å². The minimum Gasteiger partial charge on any atom is -0.495 e. The number of hydrogen-bond acceptors (Lipinski definition) is 5. The van der Waals surface area contributed by atoms with Crippen LogP contribution in [0.3, 0.4) is 0 Å². The zero-order valence-electron chi connectivity index (χ0n) is 13.4. The Kier molecular flexibility index (Phi) is 8.47. The van der Waals surface area contributed by atoms with Gasteiger partial charge in [-0.2, -0.15) is 0 Å². The van der Waals surface area contributed by atoms with E-state index in [2.05, 4.69) is 15.5 Å². The van der Waals surface area contributed by atoms with Crippen molar-refractivity contribution in [3.8, 4) is 11.5 Å². The summed E-state index contributed by atoms with van der Waals surface area (Å²) in [6.45, 7) is 4.05. The van der Waals surface area contributed by atoms with Gasteiger partial charge in [-0.1, -0.05) is 11.6 Å². The molecule has 1 aliphatic rings. The van der Waals surface area contributed by atoms with Gasteiger partial charge in [0.25, 0.3) is 0 Å². The molecule has 0 aromatic heterocycles. The van der Waals surface area contributed by atoms with Crippen LogP contribution >= 0.6 is 24.0 Å². The summed E-state index contributed by atoms with van der Waals surface area (Å²) in [6.07, 6.45) is 1.05. The number of benzene rings is 1. The van der Waals surface area contributed by atoms with Crippen LogP contribution in [0.4, 0.5) is 5.69 Å². The van der Waals surface area contributed by atoms with E-state index in [0.29, 0.717) is 28.8 Å². The summed E-state index contributed by atoms with van der Waals surface area (Å²) < 4.78 is 10.4. The highest BCUT2D eigenvalue weighted by molar-refractivity contribution is 6.32. The summed E-state index contributed by atoms with van der Waals surface area (Å²) in [5.41, 5.74) is 0.557. The van der Waals surface area contributed by atoms with E-state index >= 15 is 0 Å². The molecule has 23 heavy (non-hydrogen) atoms. The lowest BCUT2D eigenvalue weighted by Crippen LogP contribution is -2.35. The first kappa shape index (κ1) is 19.8. The van der Waals surface area contributed by atoms with E-state index in [1.54, 1.807) is 12.1 Å². The van der Waals surface area contributed by atoms with Crippen LogP contribution < -0.4 is 20.1 Å². The number of carbonyl (C=O) groups excluding carboxylic acids is 1. The van der Waals surface area contributed by atoms with Gasteiger partial charge in [0.15, 0.2) is 0 Å². The van der Waals surface area contributed by atoms with Gasteiger partial charge in [-0.25, -0.2) is 0 Å². The van der Waals surface area contributed by atoms with Gasteiger partial charge >= 0.3 is 0 Å². The number of hydrogen-bond donors (Lipinski definition) is 2. The van der Waals surface area contributed by atoms with Crippen molar-refractivity contribution in [2.24, 2.45) is 0 Å². The second-order valence-electron chi connectivity index (χ2n) is 5.11. The van der Waals surface area contributed by atoms with Gasteiger partial charge in [-0.15, -0.1) is 12.4 Å². The summed E-state index contributed by atoms with van der Waals surface area (Å²) in [5.74, 6) is 0.929. The Hall–Kier alpha value is -1.21. The minimum absolute atomic E-state index is 0. The second kappa shape index (κ2) is 9.82. The van der Waals surface area contributed by atoms with Crippen LogP contribution in [0.15, 0.2) is 12.1 Å². The summed E-state index contributed by atoms with van der Waals surface area (Å²) in [4.78, 5) is 14.4. The molecule has 1 heterocycles. The van der Waals surface area contributed by atoms with Crippen molar-refractivity contribution >= 4 is 35.6 Å². The molecule has 0 radical (unpaired) electrons. The van der Waals surface area contributed by atoms with Gasteiger partial charge in [0.1, 0.15) is 11.5 Å². The average Bonchev–Trinajstić information content (AvgIpc) is 2.77. The predicted molar refractivity (Wildman–Crippen MR) is 94.4 cm³/mol. The predicted octanol–water partition coefficient (Wildman–Crippen LogP) is 2.01. The van der Waals surface area contributed by atoms with Crippen LogP contribution in [0.5, 0.6) is 11.5 Å². The van der Waals surface area contributed by atoms with Gasteiger partial charge < -0.3 is 20.1 Å². The molecule has 0 spiro atoms. The largest absolute Gasteiger partial charge is 0.495 e. The van der Waals surface area contributed by atoms with Gasteiger partial charge in [0, 0.05) is 25.2 Å². The van der Waals surface area contributed by atoms with Gasteiger partial charge in [-0.05, 0) is 19.5 Å². The third-order valence-electron chi connectivity index (χ3n) is 3.55. The number of amides is 1. The highest BCUT2D eigenvalue weighted by atomic mass is 35.5. The maximum atomic E-state index is 12.2. The molecule has 130 valence electrons. The molecule has 1 fully saturated rings. The Labute approximate surface area is 147 Å². The minimum atomic E-state index is -0.0791. The molecule has 0 bridgehead atoms. The van der Waals surface area contributed by atoms with Crippen molar-refractivity contribution in [3.05, 3.63) is 17.2 Å². The molecule has 1 saturated heterocycles. The number of nitrogens with zero attached hydrogens (tertiary/aromatic N) is 1. The first-order valence-corrected chi connectivity index (χ1v) is 7.66. The molecule has 2 N–H and O–H groups in total. The molecular weight excluding hydrogens is 341 g/mol. The van der Waals surface area contributed by atoms with Crippen molar-refractivity contribution < 1.29 is 14.3 Å². The van der Waals surface area contributed by atoms with Crippen molar-refractivity contribution in [1.82, 2.24) is 10.2 Å². The molecule has 1 aromatic carbocycles. The Balaban J connectivity index is 0.00000264. The average molecular weight is 364 g/mol. The fourth-order valence-corrected chi connectivity index (χ4v) is 2.64. The molecule has 0 unspecified atom stereocenters. The Morgan fingerprint density at radius 1 is 1.26 bits per heavy atom. The van der Waals surface area contributed by atoms with E-state index in [-0.39, 0.29) is 18.3 Å². The molecule has 0 atom stereocenters. The molecule has 1 amide bonds. The fourth-order valence-electron chi connectivity index (χ4n) is 2.41. The zero-order chi connectivity index (χ0) is 15.9. The fraction of sp³-hybridized carbons (Fsp3) is 0.533. The van der Waals surface area contributed by atoms with Crippen LogP contribution in [0, 0.1) is 0 Å². The van der Waals surface area contributed by atoms with Crippen LogP contribution in [-0.2, 0) is 4.79 Å². The van der Waals surface area contributed by atoms with Crippen molar-refractivity contribution in [3.63, 3.8) is 0 Å². The lowest BCUT2D eigenvalue weighted by Gasteiger charge is -2.19. The number of rotatable bonds is 5. The van der Waals surface area contributed by atoms with Crippen molar-refractivity contribution in [1.29, 1.82) is 0 Å². The normalized spacial score (nSPS) is 15.3. The van der Waals surface area contributed by atoms with Crippen molar-refractivity contribution in [2.45, 2.75) is 6.42 Å². The molecule has 8 heteroatoms. The number of nitrogens with one attached hydrogen (secondary N) is 2. The number of halogens is 2. The lowest BCUT2D eigenvalue weighted by molar-refractivity contribution is -0.117. The Morgan fingerprint density at radius 3 is 2.70 bits per heavy atom. The van der Waals surface area contributed by atoms with Gasteiger partial charge in [0.05, 0.1) is 31.5 Å². The van der Waals surface area contributed by atoms with Crippen LogP contribution in [0.25, 0.3) is 0 Å². The highest BCUT2D eigenvalue weighted by Gasteiger charge is 2.16. The molecule has 1 aromatic rings. The number of anilines is 1. The molecule has 1 aliphatic heterocycles. The second-order valence-corrected chi connectivity index (χ2v) is 5.52. The third kappa shape index (κ3) is 5.73. The maximum Gasteiger partial charge on any atom is 0.238 e. The van der Waals surface area contributed by atoms with Gasteiger partial charge in [-0.3, -0.25) is 9.69 Å². The van der Waals surface area contributed by atoms with E-state index in [4.69, 9.17) is 21.1 Å². The number of methoxy groups -OCH3 is 2. The summed E-state index contributed by atoms with van der Waals surface area (Å²) in [6, 6.07) is 3.30. The number of carbonyl (C=O) groups is 1. The Morgan fingerprint density at radius 2 is 2.00 bits per heavy atom. The smallest absolute Gasteiger partial charge is 0.238 e. The molecule has 0 aliphatic carbocycles. The van der Waals surface area contributed by atoms with Crippen molar-refractivity contribution in [2.75, 3.05) is 52.3 Å². The van der Waals surface area contributed by atoms with Crippen LogP contribution in [0.2, 0.25) is 5.02 Å². The Bertz CT molecular complexity index is 521. The molecule has 2 rings (SSSR count). The first-order chi connectivity index (χ1) is 10.6. The highest BCUT2D eigenvalue weighted by Crippen LogP contribution is 2.35. The third-order valence-corrected chi connectivity index (χ3v) is 3.84. The molecule has 6 nitrogen and oxygen atoms in total. The monoisotopic (exact) mass is 363 g/mol.